The van der Waals surface area contributed by atoms with Crippen molar-refractivity contribution in [2.75, 3.05) is 20.0 Å². The molecule has 170 valence electrons. The van der Waals surface area contributed by atoms with Crippen molar-refractivity contribution < 1.29 is 9.47 Å². The number of unbranched alkanes of at least 4 members (excludes halogenated alkanes) is 4. The van der Waals surface area contributed by atoms with Crippen LogP contribution in [0.4, 0.5) is 0 Å². The van der Waals surface area contributed by atoms with Crippen molar-refractivity contribution in [2.45, 2.75) is 116 Å². The fourth-order valence-electron chi connectivity index (χ4n) is 4.54. The largest absolute Gasteiger partial charge is 0.355 e. The lowest BCUT2D eigenvalue weighted by molar-refractivity contribution is -0.0561. The van der Waals surface area contributed by atoms with E-state index in [0.29, 0.717) is 6.79 Å². The van der Waals surface area contributed by atoms with Crippen LogP contribution in [-0.2, 0) is 9.47 Å². The van der Waals surface area contributed by atoms with Crippen LogP contribution < -0.4 is 0 Å². The SMILES string of the molecule is CCCCCCCOCOCCCC(C)CC(C)CC(C)CC(C)CC(C)I. The molecule has 0 amide bonds. The number of halogens is 1. The van der Waals surface area contributed by atoms with E-state index in [1.807, 2.05) is 0 Å². The Labute approximate surface area is 191 Å². The van der Waals surface area contributed by atoms with Crippen LogP contribution in [0.15, 0.2) is 0 Å². The minimum absolute atomic E-state index is 0.476. The maximum absolute atomic E-state index is 5.63. The summed E-state index contributed by atoms with van der Waals surface area (Å²) in [4.78, 5) is 0. The number of hydrogen-bond acceptors (Lipinski definition) is 2. The van der Waals surface area contributed by atoms with Gasteiger partial charge in [0.2, 0.25) is 0 Å². The third-order valence-corrected chi connectivity index (χ3v) is 6.19. The maximum atomic E-state index is 5.63. The lowest BCUT2D eigenvalue weighted by Crippen LogP contribution is -2.12. The van der Waals surface area contributed by atoms with Gasteiger partial charge in [-0.1, -0.05) is 89.8 Å². The van der Waals surface area contributed by atoms with Crippen molar-refractivity contribution in [1.29, 1.82) is 0 Å². The van der Waals surface area contributed by atoms with Crippen molar-refractivity contribution in [3.8, 4) is 0 Å². The molecule has 0 saturated heterocycles. The van der Waals surface area contributed by atoms with Gasteiger partial charge in [0.15, 0.2) is 0 Å². The first-order valence-corrected chi connectivity index (χ1v) is 13.4. The third kappa shape index (κ3) is 19.9. The molecule has 0 bridgehead atoms. The number of ether oxygens (including phenoxy) is 2. The lowest BCUT2D eigenvalue weighted by atomic mass is 9.84. The van der Waals surface area contributed by atoms with Crippen LogP contribution in [0.5, 0.6) is 0 Å². The average Bonchev–Trinajstić information content (AvgIpc) is 2.58. The molecule has 0 rings (SSSR count). The van der Waals surface area contributed by atoms with E-state index in [1.54, 1.807) is 0 Å². The first kappa shape index (κ1) is 28.6. The zero-order valence-electron chi connectivity index (χ0n) is 20.0. The third-order valence-electron chi connectivity index (χ3n) is 5.69. The van der Waals surface area contributed by atoms with Crippen molar-refractivity contribution in [3.63, 3.8) is 0 Å². The molecule has 0 aliphatic rings. The van der Waals surface area contributed by atoms with Crippen molar-refractivity contribution in [2.24, 2.45) is 23.7 Å². The number of rotatable bonds is 20. The summed E-state index contributed by atoms with van der Waals surface area (Å²) in [6, 6.07) is 0. The monoisotopic (exact) mass is 510 g/mol. The Balaban J connectivity index is 3.56. The number of alkyl halides is 1. The second-order valence-electron chi connectivity index (χ2n) is 9.64. The molecule has 0 aliphatic carbocycles. The van der Waals surface area contributed by atoms with E-state index in [0.717, 1.165) is 47.2 Å². The molecule has 0 aromatic carbocycles. The molecule has 0 fully saturated rings. The quantitative estimate of drug-likeness (QED) is 0.0706. The Kier molecular flexibility index (Phi) is 20.1. The molecular formula is C25H51IO2. The van der Waals surface area contributed by atoms with Crippen LogP contribution >= 0.6 is 22.6 Å². The highest BCUT2D eigenvalue weighted by Gasteiger charge is 2.15. The summed E-state index contributed by atoms with van der Waals surface area (Å²) in [6.07, 6.45) is 14.4. The summed E-state index contributed by atoms with van der Waals surface area (Å²) in [6.45, 7) is 16.5. The smallest absolute Gasteiger partial charge is 0.146 e. The van der Waals surface area contributed by atoms with Gasteiger partial charge in [-0.15, -0.1) is 0 Å². The fourth-order valence-corrected chi connectivity index (χ4v) is 5.41. The van der Waals surface area contributed by atoms with Gasteiger partial charge in [-0.2, -0.15) is 0 Å². The maximum Gasteiger partial charge on any atom is 0.146 e. The summed E-state index contributed by atoms with van der Waals surface area (Å²) < 4.78 is 12.0. The molecule has 2 nitrogen and oxygen atoms in total. The van der Waals surface area contributed by atoms with Crippen molar-refractivity contribution in [3.05, 3.63) is 0 Å². The first-order chi connectivity index (χ1) is 13.3. The Morgan fingerprint density at radius 1 is 0.607 bits per heavy atom. The van der Waals surface area contributed by atoms with Gasteiger partial charge in [-0.3, -0.25) is 0 Å². The van der Waals surface area contributed by atoms with Gasteiger partial charge in [0, 0.05) is 17.1 Å². The van der Waals surface area contributed by atoms with Gasteiger partial charge in [0.1, 0.15) is 6.79 Å². The minimum Gasteiger partial charge on any atom is -0.355 e. The minimum atomic E-state index is 0.476. The van der Waals surface area contributed by atoms with Gasteiger partial charge in [0.05, 0.1) is 0 Å². The zero-order chi connectivity index (χ0) is 21.2. The van der Waals surface area contributed by atoms with Crippen LogP contribution in [-0.4, -0.2) is 23.9 Å². The Bertz CT molecular complexity index is 322. The van der Waals surface area contributed by atoms with Gasteiger partial charge >= 0.3 is 0 Å². The van der Waals surface area contributed by atoms with Gasteiger partial charge in [-0.25, -0.2) is 0 Å². The summed E-state index contributed by atoms with van der Waals surface area (Å²) >= 11 is 2.56. The molecule has 0 N–H and O–H groups in total. The normalized spacial score (nSPS) is 17.2. The number of hydrogen-bond donors (Lipinski definition) is 0. The topological polar surface area (TPSA) is 18.5 Å². The standard InChI is InChI=1S/C25H51IO2/c1-7-8-9-10-11-14-27-20-28-15-12-13-21(2)16-22(3)17-23(4)18-24(5)19-25(6)26/h21-25H,7-20H2,1-6H3. The Morgan fingerprint density at radius 2 is 1.11 bits per heavy atom. The van der Waals surface area contributed by atoms with E-state index in [1.165, 1.54) is 64.2 Å². The Hall–Kier alpha value is 0.650. The molecule has 0 radical (unpaired) electrons. The van der Waals surface area contributed by atoms with Crippen molar-refractivity contribution in [1.82, 2.24) is 0 Å². The summed E-state index contributed by atoms with van der Waals surface area (Å²) in [7, 11) is 0. The van der Waals surface area contributed by atoms with E-state index in [4.69, 9.17) is 9.47 Å². The molecule has 5 atom stereocenters. The molecular weight excluding hydrogens is 459 g/mol. The average molecular weight is 511 g/mol. The fraction of sp³-hybridized carbons (Fsp3) is 1.00. The van der Waals surface area contributed by atoms with Crippen LogP contribution in [0.25, 0.3) is 0 Å². The van der Waals surface area contributed by atoms with E-state index in [2.05, 4.69) is 64.1 Å². The van der Waals surface area contributed by atoms with Crippen LogP contribution in [0.1, 0.15) is 112 Å². The first-order valence-electron chi connectivity index (χ1n) is 12.1. The highest BCUT2D eigenvalue weighted by Crippen LogP contribution is 2.27. The molecule has 0 saturated carbocycles. The van der Waals surface area contributed by atoms with E-state index >= 15 is 0 Å². The van der Waals surface area contributed by atoms with Gasteiger partial charge < -0.3 is 9.47 Å². The summed E-state index contributed by atoms with van der Waals surface area (Å²) in [5, 5.41) is 0. The predicted octanol–water partition coefficient (Wildman–Crippen LogP) is 8.66. The second-order valence-corrected chi connectivity index (χ2v) is 11.8. The molecule has 28 heavy (non-hydrogen) atoms. The van der Waals surface area contributed by atoms with Crippen molar-refractivity contribution >= 4 is 22.6 Å². The van der Waals surface area contributed by atoms with Gasteiger partial charge in [0.25, 0.3) is 0 Å². The van der Waals surface area contributed by atoms with Crippen LogP contribution in [0.2, 0.25) is 0 Å². The molecule has 0 heterocycles. The van der Waals surface area contributed by atoms with Gasteiger partial charge in [-0.05, 0) is 68.6 Å². The molecule has 3 heteroatoms. The summed E-state index contributed by atoms with van der Waals surface area (Å²) in [5.74, 6) is 3.36. The molecule has 0 spiro atoms. The van der Waals surface area contributed by atoms with Crippen LogP contribution in [0.3, 0.4) is 0 Å². The zero-order valence-corrected chi connectivity index (χ0v) is 22.1. The molecule has 5 unspecified atom stereocenters. The van der Waals surface area contributed by atoms with E-state index in [9.17, 15) is 0 Å². The van der Waals surface area contributed by atoms with E-state index < -0.39 is 0 Å². The predicted molar refractivity (Wildman–Crippen MR) is 133 cm³/mol. The second kappa shape index (κ2) is 19.6. The van der Waals surface area contributed by atoms with Crippen LogP contribution in [0, 0.1) is 23.7 Å². The highest BCUT2D eigenvalue weighted by atomic mass is 127. The van der Waals surface area contributed by atoms with E-state index in [-0.39, 0.29) is 0 Å². The lowest BCUT2D eigenvalue weighted by Gasteiger charge is -2.23. The molecule has 0 aliphatic heterocycles. The molecule has 0 aromatic heterocycles. The summed E-state index contributed by atoms with van der Waals surface area (Å²) in [5.41, 5.74) is 0. The highest BCUT2D eigenvalue weighted by molar-refractivity contribution is 14.1. The molecule has 0 aromatic rings. The Morgan fingerprint density at radius 3 is 1.68 bits per heavy atom.